The fourth-order valence-electron chi connectivity index (χ4n) is 1.27. The molecule has 4 heteroatoms. The molecule has 0 N–H and O–H groups in total. The maximum atomic E-state index is 11.3. The average Bonchev–Trinajstić information content (AvgIpc) is 2.36. The fourth-order valence-corrected chi connectivity index (χ4v) is 1.40. The van der Waals surface area contributed by atoms with Gasteiger partial charge >= 0.3 is 5.97 Å². The van der Waals surface area contributed by atoms with Crippen LogP contribution in [0.3, 0.4) is 0 Å². The van der Waals surface area contributed by atoms with Gasteiger partial charge in [0.25, 0.3) is 0 Å². The summed E-state index contributed by atoms with van der Waals surface area (Å²) < 4.78 is 10.1. The van der Waals surface area contributed by atoms with Crippen molar-refractivity contribution in [3.63, 3.8) is 0 Å². The normalized spacial score (nSPS) is 11.1. The van der Waals surface area contributed by atoms with E-state index in [9.17, 15) is 4.79 Å². The van der Waals surface area contributed by atoms with Crippen LogP contribution in [-0.4, -0.2) is 19.7 Å². The molecule has 0 aliphatic carbocycles. The summed E-state index contributed by atoms with van der Waals surface area (Å²) in [5.74, 6) is 0.401. The Labute approximate surface area is 106 Å². The van der Waals surface area contributed by atoms with Crippen molar-refractivity contribution < 1.29 is 14.3 Å². The minimum atomic E-state index is -0.313. The molecule has 0 saturated heterocycles. The summed E-state index contributed by atoms with van der Waals surface area (Å²) in [5, 5.41) is 0.664. The molecule has 17 heavy (non-hydrogen) atoms. The van der Waals surface area contributed by atoms with Gasteiger partial charge in [0.15, 0.2) is 0 Å². The zero-order valence-corrected chi connectivity index (χ0v) is 10.7. The summed E-state index contributed by atoms with van der Waals surface area (Å²) in [7, 11) is 1.37. The quantitative estimate of drug-likeness (QED) is 0.598. The van der Waals surface area contributed by atoms with E-state index >= 15 is 0 Å². The van der Waals surface area contributed by atoms with E-state index < -0.39 is 0 Å². The highest BCUT2D eigenvalue weighted by atomic mass is 35.5. The first-order valence-electron chi connectivity index (χ1n) is 5.33. The molecule has 0 aromatic heterocycles. The van der Waals surface area contributed by atoms with Crippen molar-refractivity contribution in [2.75, 3.05) is 13.7 Å². The maximum absolute atomic E-state index is 11.3. The summed E-state index contributed by atoms with van der Waals surface area (Å²) in [5.41, 5.74) is 0.612. The van der Waals surface area contributed by atoms with Crippen molar-refractivity contribution in [1.82, 2.24) is 0 Å². The topological polar surface area (TPSA) is 35.5 Å². The average molecular weight is 255 g/mol. The molecule has 0 heterocycles. The van der Waals surface area contributed by atoms with Gasteiger partial charge in [0.05, 0.1) is 7.11 Å². The molecule has 92 valence electrons. The number of rotatable bonds is 5. The summed E-state index contributed by atoms with van der Waals surface area (Å²) in [6.07, 6.45) is 2.34. The molecular formula is C13H15ClO3. The van der Waals surface area contributed by atoms with E-state index in [0.29, 0.717) is 29.4 Å². The molecule has 0 amide bonds. The second kappa shape index (κ2) is 6.97. The van der Waals surface area contributed by atoms with Gasteiger partial charge < -0.3 is 9.47 Å². The number of carbonyl (C=O) groups is 1. The van der Waals surface area contributed by atoms with Gasteiger partial charge in [-0.2, -0.15) is 0 Å². The molecular weight excluding hydrogens is 240 g/mol. The van der Waals surface area contributed by atoms with Gasteiger partial charge in [-0.15, -0.1) is 0 Å². The van der Waals surface area contributed by atoms with E-state index in [1.54, 1.807) is 30.3 Å². The molecule has 0 radical (unpaired) electrons. The summed E-state index contributed by atoms with van der Waals surface area (Å²) in [4.78, 5) is 11.3. The molecule has 0 aliphatic heterocycles. The van der Waals surface area contributed by atoms with E-state index in [0.717, 1.165) is 0 Å². The lowest BCUT2D eigenvalue weighted by Gasteiger charge is -2.05. The molecule has 0 atom stereocenters. The standard InChI is InChI=1S/C13H15ClO3/c1-3-10(13(15)16-2)8-9-17-12-6-4-11(14)5-7-12/h4-8H,3,9H2,1-2H3. The number of benzene rings is 1. The van der Waals surface area contributed by atoms with Gasteiger partial charge in [-0.25, -0.2) is 4.79 Å². The third kappa shape index (κ3) is 4.49. The first-order valence-corrected chi connectivity index (χ1v) is 5.71. The Balaban J connectivity index is 2.53. The zero-order chi connectivity index (χ0) is 12.7. The number of halogens is 1. The largest absolute Gasteiger partial charge is 0.490 e. The molecule has 0 aliphatic rings. The van der Waals surface area contributed by atoms with Crippen molar-refractivity contribution in [2.45, 2.75) is 13.3 Å². The number of carbonyl (C=O) groups excluding carboxylic acids is 1. The van der Waals surface area contributed by atoms with Crippen LogP contribution in [0.2, 0.25) is 5.02 Å². The minimum Gasteiger partial charge on any atom is -0.490 e. The van der Waals surface area contributed by atoms with Crippen LogP contribution in [0, 0.1) is 0 Å². The summed E-state index contributed by atoms with van der Waals surface area (Å²) in [6, 6.07) is 7.06. The van der Waals surface area contributed by atoms with E-state index in [1.165, 1.54) is 7.11 Å². The molecule has 0 saturated carbocycles. The van der Waals surface area contributed by atoms with Crippen molar-refractivity contribution in [3.8, 4) is 5.75 Å². The van der Waals surface area contributed by atoms with Gasteiger partial charge in [-0.05, 0) is 36.8 Å². The predicted molar refractivity (Wildman–Crippen MR) is 67.3 cm³/mol. The molecule has 0 bridgehead atoms. The van der Waals surface area contributed by atoms with Crippen LogP contribution in [0.15, 0.2) is 35.9 Å². The van der Waals surface area contributed by atoms with Gasteiger partial charge in [0.2, 0.25) is 0 Å². The van der Waals surface area contributed by atoms with E-state index in [-0.39, 0.29) is 5.97 Å². The Kier molecular flexibility index (Phi) is 5.57. The highest BCUT2D eigenvalue weighted by Gasteiger charge is 2.05. The number of methoxy groups -OCH3 is 1. The summed E-state index contributed by atoms with van der Waals surface area (Å²) in [6.45, 7) is 2.23. The molecule has 3 nitrogen and oxygen atoms in total. The van der Waals surface area contributed by atoms with Crippen LogP contribution in [0.25, 0.3) is 0 Å². The van der Waals surface area contributed by atoms with Gasteiger partial charge in [0, 0.05) is 10.6 Å². The summed E-state index contributed by atoms with van der Waals surface area (Å²) >= 11 is 5.75. The van der Waals surface area contributed by atoms with Crippen molar-refractivity contribution in [1.29, 1.82) is 0 Å². The molecule has 0 spiro atoms. The van der Waals surface area contributed by atoms with Crippen molar-refractivity contribution in [2.24, 2.45) is 0 Å². The minimum absolute atomic E-state index is 0.313. The molecule has 1 aromatic rings. The van der Waals surface area contributed by atoms with Crippen molar-refractivity contribution >= 4 is 17.6 Å². The van der Waals surface area contributed by atoms with Crippen molar-refractivity contribution in [3.05, 3.63) is 40.9 Å². The highest BCUT2D eigenvalue weighted by Crippen LogP contribution is 2.15. The molecule has 0 fully saturated rings. The lowest BCUT2D eigenvalue weighted by Crippen LogP contribution is -2.06. The SMILES string of the molecule is CCC(=CCOc1ccc(Cl)cc1)C(=O)OC. The van der Waals surface area contributed by atoms with Gasteiger partial charge in [-0.3, -0.25) is 0 Å². The lowest BCUT2D eigenvalue weighted by atomic mass is 10.2. The molecule has 0 unspecified atom stereocenters. The van der Waals surface area contributed by atoms with Crippen LogP contribution >= 0.6 is 11.6 Å². The van der Waals surface area contributed by atoms with Gasteiger partial charge in [-0.1, -0.05) is 18.5 Å². The number of ether oxygens (including phenoxy) is 2. The third-order valence-electron chi connectivity index (χ3n) is 2.22. The number of hydrogen-bond donors (Lipinski definition) is 0. The molecule has 1 aromatic carbocycles. The fraction of sp³-hybridized carbons (Fsp3) is 0.308. The van der Waals surface area contributed by atoms with Crippen LogP contribution in [-0.2, 0) is 9.53 Å². The van der Waals surface area contributed by atoms with Gasteiger partial charge in [0.1, 0.15) is 12.4 Å². The van der Waals surface area contributed by atoms with E-state index in [4.69, 9.17) is 16.3 Å². The highest BCUT2D eigenvalue weighted by molar-refractivity contribution is 6.30. The maximum Gasteiger partial charge on any atom is 0.333 e. The van der Waals surface area contributed by atoms with Crippen LogP contribution in [0.5, 0.6) is 5.75 Å². The number of hydrogen-bond acceptors (Lipinski definition) is 3. The Morgan fingerprint density at radius 1 is 1.35 bits per heavy atom. The van der Waals surface area contributed by atoms with E-state index in [2.05, 4.69) is 4.74 Å². The van der Waals surface area contributed by atoms with Crippen LogP contribution < -0.4 is 4.74 Å². The van der Waals surface area contributed by atoms with E-state index in [1.807, 2.05) is 6.92 Å². The molecule has 1 rings (SSSR count). The smallest absolute Gasteiger partial charge is 0.333 e. The first kappa shape index (κ1) is 13.6. The lowest BCUT2D eigenvalue weighted by molar-refractivity contribution is -0.136. The zero-order valence-electron chi connectivity index (χ0n) is 9.90. The first-order chi connectivity index (χ1) is 8.17. The Morgan fingerprint density at radius 2 is 2.00 bits per heavy atom. The Bertz CT molecular complexity index is 396. The Morgan fingerprint density at radius 3 is 2.53 bits per heavy atom. The van der Waals surface area contributed by atoms with Crippen LogP contribution in [0.4, 0.5) is 0 Å². The Hall–Kier alpha value is -1.48. The number of esters is 1. The second-order valence-corrected chi connectivity index (χ2v) is 3.78. The monoisotopic (exact) mass is 254 g/mol. The van der Waals surface area contributed by atoms with Crippen LogP contribution in [0.1, 0.15) is 13.3 Å². The third-order valence-corrected chi connectivity index (χ3v) is 2.47. The second-order valence-electron chi connectivity index (χ2n) is 3.34. The predicted octanol–water partition coefficient (Wildman–Crippen LogP) is 3.23.